The highest BCUT2D eigenvalue weighted by Crippen LogP contribution is 2.28. The van der Waals surface area contributed by atoms with Crippen LogP contribution in [0.2, 0.25) is 0 Å². The molecule has 39 heavy (non-hydrogen) atoms. The Hall–Kier alpha value is -3.80. The zero-order valence-corrected chi connectivity index (χ0v) is 24.6. The van der Waals surface area contributed by atoms with Crippen molar-refractivity contribution >= 4 is 23.3 Å². The molecule has 0 spiro atoms. The van der Waals surface area contributed by atoms with Gasteiger partial charge in [0.1, 0.15) is 11.4 Å². The van der Waals surface area contributed by atoms with Gasteiger partial charge in [0.05, 0.1) is 19.1 Å². The second-order valence-corrected chi connectivity index (χ2v) is 11.8. The molecule has 0 aliphatic rings. The van der Waals surface area contributed by atoms with Gasteiger partial charge in [-0.1, -0.05) is 42.5 Å². The third-order valence-electron chi connectivity index (χ3n) is 6.47. The molecule has 0 radical (unpaired) electrons. The zero-order chi connectivity index (χ0) is 28.8. The van der Waals surface area contributed by atoms with Crippen molar-refractivity contribution in [2.45, 2.75) is 67.0 Å². The first-order valence-corrected chi connectivity index (χ1v) is 13.3. The molecule has 0 saturated carbocycles. The van der Waals surface area contributed by atoms with E-state index in [1.165, 1.54) is 0 Å². The van der Waals surface area contributed by atoms with Crippen LogP contribution in [-0.4, -0.2) is 31.1 Å². The van der Waals surface area contributed by atoms with Crippen molar-refractivity contribution in [1.82, 2.24) is 0 Å². The Bertz CT molecular complexity index is 1280. The van der Waals surface area contributed by atoms with Crippen molar-refractivity contribution in [2.75, 3.05) is 23.9 Å². The summed E-state index contributed by atoms with van der Waals surface area (Å²) in [5.74, 6) is 0.499. The third kappa shape index (κ3) is 8.60. The first-order valence-electron chi connectivity index (χ1n) is 13.3. The number of nitrogens with one attached hydrogen (secondary N) is 1. The molecule has 0 saturated heterocycles. The molecule has 0 aliphatic carbocycles. The van der Waals surface area contributed by atoms with Gasteiger partial charge in [0.2, 0.25) is 5.91 Å². The molecule has 3 aromatic rings. The minimum atomic E-state index is -0.638. The van der Waals surface area contributed by atoms with Crippen LogP contribution in [0.3, 0.4) is 0 Å². The Kier molecular flexibility index (Phi) is 9.44. The van der Waals surface area contributed by atoms with E-state index in [4.69, 9.17) is 9.47 Å². The van der Waals surface area contributed by atoms with Gasteiger partial charge in [0.15, 0.2) is 0 Å². The van der Waals surface area contributed by atoms with E-state index in [-0.39, 0.29) is 18.4 Å². The molecular weight excluding hydrogens is 488 g/mol. The predicted octanol–water partition coefficient (Wildman–Crippen LogP) is 6.87. The van der Waals surface area contributed by atoms with Crippen LogP contribution in [0.1, 0.15) is 56.9 Å². The lowest BCUT2D eigenvalue weighted by Crippen LogP contribution is -2.35. The van der Waals surface area contributed by atoms with Crippen molar-refractivity contribution in [2.24, 2.45) is 5.41 Å². The van der Waals surface area contributed by atoms with Crippen molar-refractivity contribution in [3.63, 3.8) is 0 Å². The number of esters is 1. The van der Waals surface area contributed by atoms with E-state index >= 15 is 0 Å². The summed E-state index contributed by atoms with van der Waals surface area (Å²) >= 11 is 0. The number of hydrogen-bond donors (Lipinski definition) is 1. The number of aryl methyl sites for hydroxylation is 2. The number of rotatable bonds is 10. The molecule has 3 rings (SSSR count). The van der Waals surface area contributed by atoms with Crippen LogP contribution < -0.4 is 15.0 Å². The summed E-state index contributed by atoms with van der Waals surface area (Å²) in [5.41, 5.74) is 4.63. The molecular formula is C33H42N2O4. The lowest BCUT2D eigenvalue weighted by atomic mass is 9.85. The fraction of sp³-hybridized carbons (Fsp3) is 0.394. The highest BCUT2D eigenvalue weighted by molar-refractivity contribution is 5.95. The monoisotopic (exact) mass is 530 g/mol. The number of benzene rings is 3. The first kappa shape index (κ1) is 29.8. The Balaban J connectivity index is 1.72. The Labute approximate surface area is 233 Å². The maximum atomic E-state index is 13.2. The average Bonchev–Trinajstić information content (AvgIpc) is 2.86. The molecule has 0 aliphatic heterocycles. The van der Waals surface area contributed by atoms with E-state index in [1.54, 1.807) is 7.11 Å². The van der Waals surface area contributed by atoms with Gasteiger partial charge in [0.25, 0.3) is 0 Å². The number of para-hydroxylation sites is 1. The summed E-state index contributed by atoms with van der Waals surface area (Å²) in [6.45, 7) is 14.2. The molecule has 0 aromatic heterocycles. The first-order chi connectivity index (χ1) is 18.3. The summed E-state index contributed by atoms with van der Waals surface area (Å²) in [6, 6.07) is 22.0. The molecule has 208 valence electrons. The van der Waals surface area contributed by atoms with E-state index in [9.17, 15) is 9.59 Å². The number of anilines is 2. The highest BCUT2D eigenvalue weighted by atomic mass is 16.6. The number of methoxy groups -OCH3 is 1. The largest absolute Gasteiger partial charge is 0.496 e. The van der Waals surface area contributed by atoms with E-state index in [0.29, 0.717) is 13.0 Å². The fourth-order valence-corrected chi connectivity index (χ4v) is 4.37. The zero-order valence-electron chi connectivity index (χ0n) is 24.6. The molecule has 0 heterocycles. The third-order valence-corrected chi connectivity index (χ3v) is 6.47. The molecule has 6 nitrogen and oxygen atoms in total. The van der Waals surface area contributed by atoms with Gasteiger partial charge in [-0.3, -0.25) is 9.59 Å². The topological polar surface area (TPSA) is 67.9 Å². The van der Waals surface area contributed by atoms with Crippen molar-refractivity contribution < 1.29 is 19.1 Å². The Morgan fingerprint density at radius 1 is 0.846 bits per heavy atom. The average molecular weight is 531 g/mol. The minimum Gasteiger partial charge on any atom is -0.496 e. The predicted molar refractivity (Wildman–Crippen MR) is 158 cm³/mol. The number of hydrogen-bond acceptors (Lipinski definition) is 5. The second-order valence-electron chi connectivity index (χ2n) is 11.8. The molecule has 0 bridgehead atoms. The SMILES string of the molecule is COc1cc(C)c(NC(=O)CN(Cc2ccc(CC(C)(C)C(=O)OC(C)(C)C)cc2)c2ccccc2)cc1C. The van der Waals surface area contributed by atoms with E-state index in [1.807, 2.05) is 103 Å². The van der Waals surface area contributed by atoms with E-state index in [2.05, 4.69) is 22.3 Å². The molecule has 1 amide bonds. The van der Waals surface area contributed by atoms with Crippen LogP contribution in [-0.2, 0) is 27.3 Å². The standard InChI is InChI=1S/C33H42N2O4/c1-23-19-29(38-8)24(2)18-28(23)34-30(36)22-35(27-12-10-9-11-13-27)21-26-16-14-25(15-17-26)20-33(6,7)31(37)39-32(3,4)5/h9-19H,20-22H2,1-8H3,(H,34,36). The normalized spacial score (nSPS) is 11.6. The summed E-state index contributed by atoms with van der Waals surface area (Å²) in [6.07, 6.45) is 0.577. The van der Waals surface area contributed by atoms with Gasteiger partial charge < -0.3 is 19.7 Å². The minimum absolute atomic E-state index is 0.0951. The maximum Gasteiger partial charge on any atom is 0.312 e. The van der Waals surface area contributed by atoms with Gasteiger partial charge in [-0.05, 0) is 101 Å². The number of carbonyl (C=O) groups is 2. The lowest BCUT2D eigenvalue weighted by molar-refractivity contribution is -0.165. The van der Waals surface area contributed by atoms with Crippen molar-refractivity contribution in [3.05, 3.63) is 89.0 Å². The fourth-order valence-electron chi connectivity index (χ4n) is 4.37. The number of nitrogens with zero attached hydrogens (tertiary/aromatic N) is 1. The van der Waals surface area contributed by atoms with Gasteiger partial charge >= 0.3 is 5.97 Å². The van der Waals surface area contributed by atoms with Crippen molar-refractivity contribution in [1.29, 1.82) is 0 Å². The lowest BCUT2D eigenvalue weighted by Gasteiger charge is -2.28. The van der Waals surface area contributed by atoms with Crippen LogP contribution in [0.15, 0.2) is 66.7 Å². The summed E-state index contributed by atoms with van der Waals surface area (Å²) in [4.78, 5) is 27.9. The van der Waals surface area contributed by atoms with Crippen LogP contribution >= 0.6 is 0 Å². The van der Waals surface area contributed by atoms with Gasteiger partial charge in [-0.25, -0.2) is 0 Å². The van der Waals surface area contributed by atoms with Crippen LogP contribution in [0, 0.1) is 19.3 Å². The van der Waals surface area contributed by atoms with Gasteiger partial charge in [-0.15, -0.1) is 0 Å². The summed E-state index contributed by atoms with van der Waals surface area (Å²) in [7, 11) is 1.65. The quantitative estimate of drug-likeness (QED) is 0.290. The van der Waals surface area contributed by atoms with E-state index < -0.39 is 11.0 Å². The Morgan fingerprint density at radius 3 is 2.05 bits per heavy atom. The van der Waals surface area contributed by atoms with Crippen LogP contribution in [0.25, 0.3) is 0 Å². The summed E-state index contributed by atoms with van der Waals surface area (Å²) < 4.78 is 11.0. The van der Waals surface area contributed by atoms with Crippen molar-refractivity contribution in [3.8, 4) is 5.75 Å². The molecule has 0 atom stereocenters. The van der Waals surface area contributed by atoms with Crippen LogP contribution in [0.5, 0.6) is 5.75 Å². The highest BCUT2D eigenvalue weighted by Gasteiger charge is 2.32. The number of carbonyl (C=O) groups excluding carboxylic acids is 2. The molecule has 1 N–H and O–H groups in total. The summed E-state index contributed by atoms with van der Waals surface area (Å²) in [5, 5.41) is 3.07. The van der Waals surface area contributed by atoms with E-state index in [0.717, 1.165) is 39.4 Å². The van der Waals surface area contributed by atoms with Gasteiger partial charge in [0, 0.05) is 17.9 Å². The van der Waals surface area contributed by atoms with Gasteiger partial charge in [-0.2, -0.15) is 0 Å². The molecule has 3 aromatic carbocycles. The second kappa shape index (κ2) is 12.4. The smallest absolute Gasteiger partial charge is 0.312 e. The molecule has 0 unspecified atom stereocenters. The maximum absolute atomic E-state index is 13.2. The Morgan fingerprint density at radius 2 is 1.46 bits per heavy atom. The van der Waals surface area contributed by atoms with Crippen LogP contribution in [0.4, 0.5) is 11.4 Å². The number of ether oxygens (including phenoxy) is 2. The molecule has 6 heteroatoms. The number of amides is 1. The molecule has 0 fully saturated rings.